The summed E-state index contributed by atoms with van der Waals surface area (Å²) >= 11 is 4.85. The molecule has 0 unspecified atom stereocenters. The molecule has 0 spiro atoms. The van der Waals surface area contributed by atoms with Crippen molar-refractivity contribution in [3.05, 3.63) is 54.2 Å². The van der Waals surface area contributed by atoms with Gasteiger partial charge in [0.25, 0.3) is 0 Å². The third-order valence-electron chi connectivity index (χ3n) is 2.83. The van der Waals surface area contributed by atoms with Gasteiger partial charge < -0.3 is 5.73 Å². The highest BCUT2D eigenvalue weighted by Gasteiger charge is 2.06. The second-order valence-corrected chi connectivity index (χ2v) is 4.56. The maximum absolute atomic E-state index is 5.49. The number of nitrogens with two attached hydrogens (primary N) is 1. The smallest absolute Gasteiger partial charge is 0.208 e. The van der Waals surface area contributed by atoms with Crippen molar-refractivity contribution in [1.82, 2.24) is 19.7 Å². The van der Waals surface area contributed by atoms with Gasteiger partial charge in [0.15, 0.2) is 0 Å². The Morgan fingerprint density at radius 1 is 1.21 bits per heavy atom. The zero-order chi connectivity index (χ0) is 13.2. The number of rotatable bonds is 3. The molecule has 0 amide bonds. The number of thiocarbonyl (C=S) groups is 1. The number of hydrogen-bond donors (Lipinski definition) is 1. The zero-order valence-corrected chi connectivity index (χ0v) is 10.8. The van der Waals surface area contributed by atoms with Crippen LogP contribution in [0.1, 0.15) is 11.4 Å². The van der Waals surface area contributed by atoms with E-state index in [2.05, 4.69) is 15.1 Å². The standard InChI is InChI=1S/C13H11N5S/c14-12(19)13-16-8-18(17-13)7-9-5-6-15-11-4-2-1-3-10(9)11/h1-6,8H,7H2,(H2,14,19). The largest absolute Gasteiger partial charge is 0.387 e. The molecule has 0 saturated carbocycles. The fourth-order valence-corrected chi connectivity index (χ4v) is 2.04. The second kappa shape index (κ2) is 4.74. The van der Waals surface area contributed by atoms with Crippen LogP contribution >= 0.6 is 12.2 Å². The van der Waals surface area contributed by atoms with Gasteiger partial charge in [0.05, 0.1) is 12.1 Å². The Hall–Kier alpha value is -2.34. The Bertz CT molecular complexity index is 744. The van der Waals surface area contributed by atoms with Crippen molar-refractivity contribution in [1.29, 1.82) is 0 Å². The lowest BCUT2D eigenvalue weighted by atomic mass is 10.1. The molecule has 0 fully saturated rings. The van der Waals surface area contributed by atoms with Gasteiger partial charge in [-0.15, -0.1) is 5.10 Å². The van der Waals surface area contributed by atoms with Gasteiger partial charge in [-0.2, -0.15) is 0 Å². The molecule has 5 nitrogen and oxygen atoms in total. The fraction of sp³-hybridized carbons (Fsp3) is 0.0769. The molecule has 94 valence electrons. The summed E-state index contributed by atoms with van der Waals surface area (Å²) in [5.74, 6) is 0.397. The second-order valence-electron chi connectivity index (χ2n) is 4.12. The average molecular weight is 269 g/mol. The van der Waals surface area contributed by atoms with E-state index in [0.29, 0.717) is 12.4 Å². The van der Waals surface area contributed by atoms with Gasteiger partial charge in [0.1, 0.15) is 11.3 Å². The first kappa shape index (κ1) is 11.7. The average Bonchev–Trinajstić information content (AvgIpc) is 2.88. The van der Waals surface area contributed by atoms with Gasteiger partial charge in [-0.1, -0.05) is 30.4 Å². The summed E-state index contributed by atoms with van der Waals surface area (Å²) in [6, 6.07) is 9.98. The highest BCUT2D eigenvalue weighted by atomic mass is 32.1. The van der Waals surface area contributed by atoms with E-state index in [-0.39, 0.29) is 4.99 Å². The van der Waals surface area contributed by atoms with Crippen LogP contribution in [0.4, 0.5) is 0 Å². The lowest BCUT2D eigenvalue weighted by Crippen LogP contribution is -2.12. The Balaban J connectivity index is 1.98. The topological polar surface area (TPSA) is 69.6 Å². The fourth-order valence-electron chi connectivity index (χ4n) is 1.95. The number of aromatic nitrogens is 4. The van der Waals surface area contributed by atoms with E-state index >= 15 is 0 Å². The highest BCUT2D eigenvalue weighted by Crippen LogP contribution is 2.16. The molecule has 0 aliphatic rings. The Morgan fingerprint density at radius 3 is 2.84 bits per heavy atom. The Kier molecular flexibility index (Phi) is 2.92. The molecule has 2 aromatic heterocycles. The van der Waals surface area contributed by atoms with Gasteiger partial charge in [0, 0.05) is 11.6 Å². The van der Waals surface area contributed by atoms with Crippen molar-refractivity contribution in [3.8, 4) is 0 Å². The summed E-state index contributed by atoms with van der Waals surface area (Å²) in [4.78, 5) is 8.60. The first-order valence-corrected chi connectivity index (χ1v) is 6.17. The minimum Gasteiger partial charge on any atom is -0.387 e. The lowest BCUT2D eigenvalue weighted by molar-refractivity contribution is 0.686. The summed E-state index contributed by atoms with van der Waals surface area (Å²) < 4.78 is 1.72. The van der Waals surface area contributed by atoms with Crippen LogP contribution in [0, 0.1) is 0 Å². The van der Waals surface area contributed by atoms with Gasteiger partial charge >= 0.3 is 0 Å². The van der Waals surface area contributed by atoms with Crippen molar-refractivity contribution < 1.29 is 0 Å². The van der Waals surface area contributed by atoms with Gasteiger partial charge in [-0.3, -0.25) is 4.98 Å². The summed E-state index contributed by atoms with van der Waals surface area (Å²) in [6.07, 6.45) is 3.42. The normalized spacial score (nSPS) is 10.7. The predicted molar refractivity (Wildman–Crippen MR) is 76.8 cm³/mol. The monoisotopic (exact) mass is 269 g/mol. The van der Waals surface area contributed by atoms with E-state index in [1.54, 1.807) is 17.2 Å². The predicted octanol–water partition coefficient (Wildman–Crippen LogP) is 1.51. The molecular formula is C13H11N5S. The van der Waals surface area contributed by atoms with Crippen molar-refractivity contribution in [3.63, 3.8) is 0 Å². The molecule has 0 aliphatic heterocycles. The number of para-hydroxylation sites is 1. The first-order valence-electron chi connectivity index (χ1n) is 5.76. The Labute approximate surface area is 115 Å². The van der Waals surface area contributed by atoms with Crippen LogP contribution in [0.2, 0.25) is 0 Å². The molecule has 0 radical (unpaired) electrons. The third-order valence-corrected chi connectivity index (χ3v) is 3.01. The van der Waals surface area contributed by atoms with Gasteiger partial charge in [-0.25, -0.2) is 9.67 Å². The molecule has 6 heteroatoms. The van der Waals surface area contributed by atoms with Crippen LogP contribution in [0.15, 0.2) is 42.9 Å². The van der Waals surface area contributed by atoms with Crippen LogP contribution in [0.5, 0.6) is 0 Å². The molecule has 0 atom stereocenters. The molecule has 0 aliphatic carbocycles. The number of pyridine rings is 1. The minimum absolute atomic E-state index is 0.207. The summed E-state index contributed by atoms with van der Waals surface area (Å²) in [5, 5.41) is 5.34. The van der Waals surface area contributed by atoms with Crippen LogP contribution in [0.25, 0.3) is 10.9 Å². The van der Waals surface area contributed by atoms with Crippen molar-refractivity contribution in [2.24, 2.45) is 5.73 Å². The maximum atomic E-state index is 5.49. The van der Waals surface area contributed by atoms with Crippen LogP contribution < -0.4 is 5.73 Å². The van der Waals surface area contributed by atoms with Crippen molar-refractivity contribution in [2.75, 3.05) is 0 Å². The lowest BCUT2D eigenvalue weighted by Gasteiger charge is -2.05. The molecular weight excluding hydrogens is 258 g/mol. The van der Waals surface area contributed by atoms with Crippen LogP contribution in [0.3, 0.4) is 0 Å². The quantitative estimate of drug-likeness (QED) is 0.730. The molecule has 0 bridgehead atoms. The molecule has 2 N–H and O–H groups in total. The highest BCUT2D eigenvalue weighted by molar-refractivity contribution is 7.80. The molecule has 1 aromatic carbocycles. The molecule has 3 aromatic rings. The number of benzene rings is 1. The Morgan fingerprint density at radius 2 is 2.05 bits per heavy atom. The zero-order valence-electron chi connectivity index (χ0n) is 10.0. The van der Waals surface area contributed by atoms with Crippen molar-refractivity contribution in [2.45, 2.75) is 6.54 Å². The van der Waals surface area contributed by atoms with E-state index in [0.717, 1.165) is 16.5 Å². The van der Waals surface area contributed by atoms with E-state index in [1.807, 2.05) is 30.3 Å². The number of fused-ring (bicyclic) bond motifs is 1. The third kappa shape index (κ3) is 2.30. The summed E-state index contributed by atoms with van der Waals surface area (Å²) in [6.45, 7) is 0.610. The minimum atomic E-state index is 0.207. The molecule has 0 saturated heterocycles. The van der Waals surface area contributed by atoms with E-state index in [9.17, 15) is 0 Å². The number of hydrogen-bond acceptors (Lipinski definition) is 4. The molecule has 3 rings (SSSR count). The van der Waals surface area contributed by atoms with E-state index in [1.165, 1.54) is 0 Å². The first-order chi connectivity index (χ1) is 9.24. The maximum Gasteiger partial charge on any atom is 0.208 e. The van der Waals surface area contributed by atoms with E-state index < -0.39 is 0 Å². The van der Waals surface area contributed by atoms with E-state index in [4.69, 9.17) is 18.0 Å². The number of nitrogens with zero attached hydrogens (tertiary/aromatic N) is 4. The molecule has 19 heavy (non-hydrogen) atoms. The summed E-state index contributed by atoms with van der Waals surface area (Å²) in [7, 11) is 0. The molecule has 2 heterocycles. The van der Waals surface area contributed by atoms with Crippen LogP contribution in [-0.2, 0) is 6.54 Å². The van der Waals surface area contributed by atoms with Crippen LogP contribution in [-0.4, -0.2) is 24.7 Å². The van der Waals surface area contributed by atoms with Crippen molar-refractivity contribution >= 4 is 28.1 Å². The summed E-state index contributed by atoms with van der Waals surface area (Å²) in [5.41, 5.74) is 7.59. The van der Waals surface area contributed by atoms with Gasteiger partial charge in [0.2, 0.25) is 5.82 Å². The van der Waals surface area contributed by atoms with Gasteiger partial charge in [-0.05, 0) is 17.7 Å². The SMILES string of the molecule is NC(=S)c1ncn(Cc2ccnc3ccccc23)n1.